The van der Waals surface area contributed by atoms with E-state index in [1.807, 2.05) is 190 Å². The van der Waals surface area contributed by atoms with Crippen LogP contribution >= 0.6 is 0 Å². The van der Waals surface area contributed by atoms with E-state index in [2.05, 4.69) is 71.6 Å². The predicted octanol–water partition coefficient (Wildman–Crippen LogP) is 16.8. The van der Waals surface area contributed by atoms with Crippen LogP contribution in [0.15, 0.2) is 182 Å². The highest BCUT2D eigenvalue weighted by Crippen LogP contribution is 2.33. The molecule has 0 saturated heterocycles. The molecular formula is C76H82N4O9. The van der Waals surface area contributed by atoms with E-state index in [1.165, 1.54) is 0 Å². The molecule has 8 aromatic carbocycles. The Morgan fingerprint density at radius 3 is 1.27 bits per heavy atom. The lowest BCUT2D eigenvalue weighted by Crippen LogP contribution is -2.26. The first-order valence-electron chi connectivity index (χ1n) is 29.8. The number of nitrogens with zero attached hydrogens (tertiary/aromatic N) is 2. The van der Waals surface area contributed by atoms with Crippen LogP contribution in [0.25, 0.3) is 44.1 Å². The largest absolute Gasteiger partial charge is 0.497 e. The molecule has 13 nitrogen and oxygen atoms in total. The summed E-state index contributed by atoms with van der Waals surface area (Å²) in [6.45, 7) is 24.8. The normalized spacial score (nSPS) is 12.0. The molecule has 0 aliphatic heterocycles. The van der Waals surface area contributed by atoms with E-state index < -0.39 is 17.2 Å². The molecule has 0 saturated carbocycles. The Hall–Kier alpha value is -9.72. The average molecular weight is 1200 g/mol. The minimum Gasteiger partial charge on any atom is -0.497 e. The van der Waals surface area contributed by atoms with E-state index in [1.54, 1.807) is 32.4 Å². The summed E-state index contributed by atoms with van der Waals surface area (Å²) in [5.74, 6) is -0.0404. The van der Waals surface area contributed by atoms with E-state index >= 15 is 0 Å². The maximum absolute atomic E-state index is 13.2. The van der Waals surface area contributed by atoms with Crippen molar-refractivity contribution in [2.45, 2.75) is 119 Å². The van der Waals surface area contributed by atoms with Crippen LogP contribution in [-0.2, 0) is 22.6 Å². The minimum absolute atomic E-state index is 0.0981. The number of aryl methyl sites for hydroxylation is 2. The summed E-state index contributed by atoms with van der Waals surface area (Å²) in [7, 11) is 3.29. The van der Waals surface area contributed by atoms with Crippen LogP contribution in [0.2, 0.25) is 0 Å². The monoisotopic (exact) mass is 1190 g/mol. The van der Waals surface area contributed by atoms with E-state index in [4.69, 9.17) is 24.7 Å². The number of fused-ring (bicyclic) bond motifs is 2. The zero-order valence-electron chi connectivity index (χ0n) is 53.6. The van der Waals surface area contributed by atoms with Crippen molar-refractivity contribution in [3.8, 4) is 33.8 Å². The van der Waals surface area contributed by atoms with Gasteiger partial charge in [0.2, 0.25) is 0 Å². The number of carbonyl (C=O) groups is 4. The molecule has 460 valence electrons. The lowest BCUT2D eigenvalue weighted by atomic mass is 9.98. The maximum Gasteiger partial charge on any atom is 0.339 e. The third-order valence-corrected chi connectivity index (χ3v) is 15.7. The van der Waals surface area contributed by atoms with Crippen LogP contribution in [-0.4, -0.2) is 63.5 Å². The number of carboxylic acids is 1. The van der Waals surface area contributed by atoms with Crippen molar-refractivity contribution in [1.29, 1.82) is 0 Å². The summed E-state index contributed by atoms with van der Waals surface area (Å²) >= 11 is 0. The quantitative estimate of drug-likeness (QED) is 0.0839. The number of carboxylic acid groups (broad SMARTS) is 1. The van der Waals surface area contributed by atoms with Gasteiger partial charge in [0, 0.05) is 57.9 Å². The molecule has 0 bridgehead atoms. The van der Waals surface area contributed by atoms with E-state index in [-0.39, 0.29) is 29.9 Å². The number of carbonyl (C=O) groups excluding carboxylic acids is 3. The van der Waals surface area contributed by atoms with Crippen LogP contribution in [0, 0.1) is 27.7 Å². The van der Waals surface area contributed by atoms with Gasteiger partial charge in [0.05, 0.1) is 37.0 Å². The summed E-state index contributed by atoms with van der Waals surface area (Å²) in [6, 6.07) is 58.2. The van der Waals surface area contributed by atoms with Crippen molar-refractivity contribution >= 4 is 45.6 Å². The molecular weight excluding hydrogens is 1110 g/mol. The van der Waals surface area contributed by atoms with Gasteiger partial charge in [-0.25, -0.2) is 14.4 Å². The first-order valence-corrected chi connectivity index (χ1v) is 29.8. The van der Waals surface area contributed by atoms with Crippen LogP contribution in [0.3, 0.4) is 0 Å². The summed E-state index contributed by atoms with van der Waals surface area (Å²) in [6.07, 6.45) is 0. The van der Waals surface area contributed by atoms with Crippen LogP contribution in [0.4, 0.5) is 0 Å². The number of ether oxygens (including phenoxy) is 4. The number of nitrogens with one attached hydrogen (secondary N) is 1. The molecule has 0 radical (unpaired) electrons. The molecule has 2 atom stereocenters. The zero-order valence-corrected chi connectivity index (χ0v) is 53.6. The number of amides is 1. The highest BCUT2D eigenvalue weighted by molar-refractivity contribution is 6.00. The molecule has 2 aromatic heterocycles. The molecule has 1 amide bonds. The van der Waals surface area contributed by atoms with Gasteiger partial charge in [-0.1, -0.05) is 109 Å². The first-order chi connectivity index (χ1) is 42.2. The van der Waals surface area contributed by atoms with E-state index in [0.717, 1.165) is 100 Å². The van der Waals surface area contributed by atoms with Crippen molar-refractivity contribution in [2.24, 2.45) is 5.73 Å². The first kappa shape index (κ1) is 65.3. The Balaban J connectivity index is 0.000000201. The summed E-state index contributed by atoms with van der Waals surface area (Å²) in [5, 5.41) is 14.5. The van der Waals surface area contributed by atoms with Gasteiger partial charge in [0.15, 0.2) is 0 Å². The second-order valence-corrected chi connectivity index (χ2v) is 24.4. The lowest BCUT2D eigenvalue weighted by molar-refractivity contribution is 0.00578. The van der Waals surface area contributed by atoms with Crippen molar-refractivity contribution in [1.82, 2.24) is 14.5 Å². The van der Waals surface area contributed by atoms with Crippen LogP contribution < -0.4 is 20.5 Å². The molecule has 0 spiro atoms. The smallest absolute Gasteiger partial charge is 0.339 e. The molecule has 13 heteroatoms. The van der Waals surface area contributed by atoms with Gasteiger partial charge < -0.3 is 44.2 Å². The van der Waals surface area contributed by atoms with Gasteiger partial charge in [0.25, 0.3) is 5.91 Å². The summed E-state index contributed by atoms with van der Waals surface area (Å²) in [4.78, 5) is 50.2. The van der Waals surface area contributed by atoms with Crippen molar-refractivity contribution in [3.05, 3.63) is 249 Å². The number of benzene rings is 8. The second kappa shape index (κ2) is 28.0. The van der Waals surface area contributed by atoms with Crippen LogP contribution in [0.1, 0.15) is 154 Å². The molecule has 4 N–H and O–H groups in total. The summed E-state index contributed by atoms with van der Waals surface area (Å²) < 4.78 is 26.0. The number of aromatic carboxylic acids is 1. The fraction of sp³-hybridized carbons (Fsp3) is 0.263. The molecule has 0 fully saturated rings. The molecule has 2 heterocycles. The third kappa shape index (κ3) is 16.1. The fourth-order valence-corrected chi connectivity index (χ4v) is 10.6. The maximum atomic E-state index is 13.2. The third-order valence-electron chi connectivity index (χ3n) is 15.7. The van der Waals surface area contributed by atoms with Gasteiger partial charge >= 0.3 is 17.9 Å². The molecule has 0 aliphatic carbocycles. The number of hydrogen-bond acceptors (Lipinski definition) is 9. The topological polar surface area (TPSA) is 173 Å². The van der Waals surface area contributed by atoms with Crippen molar-refractivity contribution < 1.29 is 43.2 Å². The van der Waals surface area contributed by atoms with Crippen molar-refractivity contribution in [2.75, 3.05) is 14.2 Å². The Morgan fingerprint density at radius 2 is 0.888 bits per heavy atom. The standard InChI is InChI=1S/C38H40N2O4.C29H29NO4.C9H13NO/c1-24-26(3)40(23-27-12-14-29(15-13-27)32-10-8-9-11-33(32)37(42)44-38(4,5)6)35-21-18-30(22-34(24)35)36(41)39-25(2)28-16-19-31(43-7)20-17-28;1-18-19(2)30(26-15-14-22(27(31)32)16-25(18)26)17-20-10-12-21(13-11-20)23-8-6-7-9-24(23)28(33)34-29(3,4)5;1-7(10)8-3-5-9(11-2)6-4-8/h8-22,25H,23H2,1-7H3,(H,39,41);6-16H,17H2,1-5H3,(H,31,32);3-7H,10H2,1-2H3/t25-;;7-/m1.1/s1. The Kier molecular flexibility index (Phi) is 20.5. The van der Waals surface area contributed by atoms with Crippen molar-refractivity contribution in [3.63, 3.8) is 0 Å². The fourth-order valence-electron chi connectivity index (χ4n) is 10.6. The van der Waals surface area contributed by atoms with Gasteiger partial charge in [-0.15, -0.1) is 0 Å². The molecule has 0 unspecified atom stereocenters. The number of hydrogen-bond donors (Lipinski definition) is 3. The lowest BCUT2D eigenvalue weighted by Gasteiger charge is -2.20. The average Bonchev–Trinajstić information content (AvgIpc) is 1.72. The van der Waals surface area contributed by atoms with Gasteiger partial charge in [-0.05, 0) is 212 Å². The van der Waals surface area contributed by atoms with E-state index in [9.17, 15) is 24.3 Å². The second-order valence-electron chi connectivity index (χ2n) is 24.4. The molecule has 10 aromatic rings. The number of nitrogens with two attached hydrogens (primary N) is 1. The summed E-state index contributed by atoms with van der Waals surface area (Å²) in [5.41, 5.74) is 21.1. The van der Waals surface area contributed by atoms with Gasteiger partial charge in [0.1, 0.15) is 22.7 Å². The molecule has 89 heavy (non-hydrogen) atoms. The number of aromatic nitrogens is 2. The highest BCUT2D eigenvalue weighted by Gasteiger charge is 2.24. The van der Waals surface area contributed by atoms with Gasteiger partial charge in [-0.3, -0.25) is 4.79 Å². The highest BCUT2D eigenvalue weighted by atomic mass is 16.6. The van der Waals surface area contributed by atoms with Gasteiger partial charge in [-0.2, -0.15) is 0 Å². The Morgan fingerprint density at radius 1 is 0.506 bits per heavy atom. The SMILES string of the molecule is COc1ccc([C@@H](C)N)cc1.COc1ccc([C@@H](C)NC(=O)c2ccc3c(c2)c(C)c(C)n3Cc2ccc(-c3ccccc3C(=O)OC(C)(C)C)cc2)cc1.Cc1c(C)n(Cc2ccc(-c3ccccc3C(=O)OC(C)(C)C)cc2)c2ccc(C(=O)O)cc12. The minimum atomic E-state index is -0.922. The number of esters is 2. The molecule has 10 rings (SSSR count). The molecule has 0 aliphatic rings. The number of rotatable bonds is 15. The Bertz CT molecular complexity index is 4140. The Labute approximate surface area is 523 Å². The van der Waals surface area contributed by atoms with E-state index in [0.29, 0.717) is 35.3 Å². The van der Waals surface area contributed by atoms with Crippen LogP contribution in [0.5, 0.6) is 11.5 Å². The predicted molar refractivity (Wildman–Crippen MR) is 357 cm³/mol. The zero-order chi connectivity index (χ0) is 64.5. The number of methoxy groups -OCH3 is 2.